The van der Waals surface area contributed by atoms with Gasteiger partial charge in [0.15, 0.2) is 0 Å². The molecule has 2 aromatic heterocycles. The van der Waals surface area contributed by atoms with E-state index in [2.05, 4.69) is 15.6 Å². The number of carbonyl (C=O) groups excluding carboxylic acids is 1. The van der Waals surface area contributed by atoms with Crippen LogP contribution in [0.25, 0.3) is 0 Å². The van der Waals surface area contributed by atoms with Crippen LogP contribution in [0.3, 0.4) is 0 Å². The molecule has 0 spiro atoms. The molecule has 0 radical (unpaired) electrons. The predicted molar refractivity (Wildman–Crippen MR) is 87.4 cm³/mol. The minimum absolute atomic E-state index is 0.0259. The molecule has 1 fully saturated rings. The van der Waals surface area contributed by atoms with Crippen LogP contribution >= 0.6 is 0 Å². The van der Waals surface area contributed by atoms with E-state index >= 15 is 0 Å². The van der Waals surface area contributed by atoms with Crippen LogP contribution in [0.4, 0.5) is 0 Å². The van der Waals surface area contributed by atoms with Crippen LogP contribution in [0.15, 0.2) is 42.7 Å². The van der Waals surface area contributed by atoms with Crippen molar-refractivity contribution in [2.45, 2.75) is 25.6 Å². The Hall–Kier alpha value is -2.34. The third-order valence-electron chi connectivity index (χ3n) is 4.62. The standard InChI is InChI=1S/C18H21N3O3/c22-18(14-6-9-23-13-14)21-10-15-4-3-8-20(15)11-16(12-21)24-17-5-1-2-7-19-17/h1-5,7-8,14,16H,6,9-13H2. The fourth-order valence-electron chi connectivity index (χ4n) is 3.37. The van der Waals surface area contributed by atoms with E-state index in [0.29, 0.717) is 38.7 Å². The monoisotopic (exact) mass is 327 g/mol. The normalized spacial score (nSPS) is 23.6. The van der Waals surface area contributed by atoms with Crippen molar-refractivity contribution >= 4 is 5.91 Å². The van der Waals surface area contributed by atoms with Gasteiger partial charge in [-0.2, -0.15) is 0 Å². The fraction of sp³-hybridized carbons (Fsp3) is 0.444. The van der Waals surface area contributed by atoms with E-state index in [0.717, 1.165) is 12.1 Å². The second-order valence-corrected chi connectivity index (χ2v) is 6.34. The molecule has 2 atom stereocenters. The van der Waals surface area contributed by atoms with Crippen molar-refractivity contribution in [2.75, 3.05) is 19.8 Å². The van der Waals surface area contributed by atoms with Crippen molar-refractivity contribution in [1.29, 1.82) is 0 Å². The minimum atomic E-state index is -0.125. The summed E-state index contributed by atoms with van der Waals surface area (Å²) in [5.41, 5.74) is 1.13. The Balaban J connectivity index is 1.55. The fourth-order valence-corrected chi connectivity index (χ4v) is 3.37. The maximum absolute atomic E-state index is 12.8. The Kier molecular flexibility index (Phi) is 4.21. The highest BCUT2D eigenvalue weighted by molar-refractivity contribution is 5.79. The number of ether oxygens (including phenoxy) is 2. The molecule has 0 aromatic carbocycles. The van der Waals surface area contributed by atoms with Crippen molar-refractivity contribution < 1.29 is 14.3 Å². The van der Waals surface area contributed by atoms with Gasteiger partial charge in [-0.25, -0.2) is 4.98 Å². The first-order valence-corrected chi connectivity index (χ1v) is 8.38. The van der Waals surface area contributed by atoms with Gasteiger partial charge in [0.2, 0.25) is 11.8 Å². The summed E-state index contributed by atoms with van der Waals surface area (Å²) in [4.78, 5) is 19.0. The van der Waals surface area contributed by atoms with Crippen molar-refractivity contribution in [3.05, 3.63) is 48.4 Å². The van der Waals surface area contributed by atoms with Gasteiger partial charge in [0, 0.05) is 30.8 Å². The topological polar surface area (TPSA) is 56.6 Å². The summed E-state index contributed by atoms with van der Waals surface area (Å²) in [6, 6.07) is 9.69. The molecule has 24 heavy (non-hydrogen) atoms. The smallest absolute Gasteiger partial charge is 0.228 e. The molecule has 2 unspecified atom stereocenters. The molecule has 0 aliphatic carbocycles. The summed E-state index contributed by atoms with van der Waals surface area (Å²) in [5, 5.41) is 0. The molecule has 6 nitrogen and oxygen atoms in total. The minimum Gasteiger partial charge on any atom is -0.471 e. The lowest BCUT2D eigenvalue weighted by atomic mass is 10.1. The highest BCUT2D eigenvalue weighted by atomic mass is 16.5. The second-order valence-electron chi connectivity index (χ2n) is 6.34. The van der Waals surface area contributed by atoms with Gasteiger partial charge < -0.3 is 18.9 Å². The molecule has 1 amide bonds. The zero-order valence-corrected chi connectivity index (χ0v) is 13.5. The number of hydrogen-bond acceptors (Lipinski definition) is 4. The zero-order valence-electron chi connectivity index (χ0n) is 13.5. The lowest BCUT2D eigenvalue weighted by Crippen LogP contribution is -2.41. The summed E-state index contributed by atoms with van der Waals surface area (Å²) in [7, 11) is 0. The number of aromatic nitrogens is 2. The molecule has 1 saturated heterocycles. The number of fused-ring (bicyclic) bond motifs is 1. The highest BCUT2D eigenvalue weighted by Crippen LogP contribution is 2.22. The number of pyridine rings is 1. The average Bonchev–Trinajstić information content (AvgIpc) is 3.24. The number of nitrogens with zero attached hydrogens (tertiary/aromatic N) is 3. The largest absolute Gasteiger partial charge is 0.471 e. The summed E-state index contributed by atoms with van der Waals surface area (Å²) in [5.74, 6) is 0.730. The highest BCUT2D eigenvalue weighted by Gasteiger charge is 2.32. The first-order valence-electron chi connectivity index (χ1n) is 8.38. The van der Waals surface area contributed by atoms with E-state index < -0.39 is 0 Å². The van der Waals surface area contributed by atoms with E-state index in [1.54, 1.807) is 6.20 Å². The summed E-state index contributed by atoms with van der Waals surface area (Å²) < 4.78 is 13.6. The van der Waals surface area contributed by atoms with Crippen LogP contribution in [0.1, 0.15) is 12.1 Å². The third kappa shape index (κ3) is 3.14. The molecule has 0 N–H and O–H groups in total. The SMILES string of the molecule is O=C(C1CCOC1)N1Cc2cccn2CC(Oc2ccccn2)C1. The molecule has 2 aliphatic heterocycles. The predicted octanol–water partition coefficient (Wildman–Crippen LogP) is 1.71. The van der Waals surface area contributed by atoms with E-state index in [9.17, 15) is 4.79 Å². The maximum atomic E-state index is 12.8. The number of carbonyl (C=O) groups is 1. The Morgan fingerprint density at radius 3 is 3.00 bits per heavy atom. The first kappa shape index (κ1) is 15.2. The maximum Gasteiger partial charge on any atom is 0.228 e. The number of hydrogen-bond donors (Lipinski definition) is 0. The molecule has 4 heterocycles. The van der Waals surface area contributed by atoms with Crippen molar-refractivity contribution in [1.82, 2.24) is 14.5 Å². The van der Waals surface area contributed by atoms with Gasteiger partial charge in [0.1, 0.15) is 6.10 Å². The van der Waals surface area contributed by atoms with Crippen LogP contribution in [0.2, 0.25) is 0 Å². The van der Waals surface area contributed by atoms with Crippen LogP contribution < -0.4 is 4.74 Å². The molecule has 6 heteroatoms. The van der Waals surface area contributed by atoms with Crippen LogP contribution in [0, 0.1) is 5.92 Å². The van der Waals surface area contributed by atoms with Gasteiger partial charge in [0.25, 0.3) is 0 Å². The van der Waals surface area contributed by atoms with E-state index in [4.69, 9.17) is 9.47 Å². The molecule has 2 aliphatic rings. The third-order valence-corrected chi connectivity index (χ3v) is 4.62. The molecular formula is C18H21N3O3. The van der Waals surface area contributed by atoms with Gasteiger partial charge in [0.05, 0.1) is 32.2 Å². The molecular weight excluding hydrogens is 306 g/mol. The second kappa shape index (κ2) is 6.65. The Bertz CT molecular complexity index is 695. The van der Waals surface area contributed by atoms with Gasteiger partial charge in [-0.15, -0.1) is 0 Å². The van der Waals surface area contributed by atoms with E-state index in [-0.39, 0.29) is 17.9 Å². The van der Waals surface area contributed by atoms with Gasteiger partial charge in [-0.1, -0.05) is 6.07 Å². The molecule has 2 aromatic rings. The van der Waals surface area contributed by atoms with Crippen molar-refractivity contribution in [3.8, 4) is 5.88 Å². The van der Waals surface area contributed by atoms with E-state index in [1.807, 2.05) is 35.4 Å². The van der Waals surface area contributed by atoms with Crippen LogP contribution in [-0.4, -0.2) is 46.2 Å². The van der Waals surface area contributed by atoms with Gasteiger partial charge >= 0.3 is 0 Å². The van der Waals surface area contributed by atoms with Gasteiger partial charge in [-0.05, 0) is 24.6 Å². The quantitative estimate of drug-likeness (QED) is 0.861. The summed E-state index contributed by atoms with van der Waals surface area (Å²) in [6.45, 7) is 3.10. The van der Waals surface area contributed by atoms with Crippen LogP contribution in [-0.2, 0) is 22.6 Å². The lowest BCUT2D eigenvalue weighted by Gasteiger charge is -2.26. The number of rotatable bonds is 3. The Labute approximate surface area is 141 Å². The first-order chi connectivity index (χ1) is 11.8. The number of amides is 1. The van der Waals surface area contributed by atoms with E-state index in [1.165, 1.54) is 0 Å². The molecule has 0 saturated carbocycles. The summed E-state index contributed by atoms with van der Waals surface area (Å²) in [6.07, 6.45) is 4.44. The van der Waals surface area contributed by atoms with Crippen LogP contribution in [0.5, 0.6) is 5.88 Å². The molecule has 126 valence electrons. The van der Waals surface area contributed by atoms with Crippen molar-refractivity contribution in [3.63, 3.8) is 0 Å². The van der Waals surface area contributed by atoms with Gasteiger partial charge in [-0.3, -0.25) is 4.79 Å². The van der Waals surface area contributed by atoms with Crippen molar-refractivity contribution in [2.24, 2.45) is 5.92 Å². The average molecular weight is 327 g/mol. The zero-order chi connectivity index (χ0) is 16.4. The Morgan fingerprint density at radius 1 is 1.25 bits per heavy atom. The lowest BCUT2D eigenvalue weighted by molar-refractivity contribution is -0.137. The Morgan fingerprint density at radius 2 is 2.21 bits per heavy atom. The molecule has 4 rings (SSSR count). The summed E-state index contributed by atoms with van der Waals surface area (Å²) >= 11 is 0. The molecule has 0 bridgehead atoms.